The fraction of sp³-hybridized carbons (Fsp3) is 0.158. The van der Waals surface area contributed by atoms with Crippen LogP contribution in [0.3, 0.4) is 0 Å². The number of hydrogen-bond donors (Lipinski definition) is 2. The van der Waals surface area contributed by atoms with E-state index in [1.165, 1.54) is 0 Å². The molecule has 1 amide bonds. The van der Waals surface area contributed by atoms with Crippen molar-refractivity contribution in [1.82, 2.24) is 10.2 Å². The Bertz CT molecular complexity index is 1120. The van der Waals surface area contributed by atoms with E-state index in [0.29, 0.717) is 41.2 Å². The number of esters is 1. The number of nitrogens with one attached hydrogen (secondary N) is 2. The molecule has 0 atom stereocenters. The monoisotopic (exact) mass is 381 g/mol. The van der Waals surface area contributed by atoms with Crippen LogP contribution in [0.4, 0.5) is 5.69 Å². The largest absolute Gasteiger partial charge is 0.486 e. The van der Waals surface area contributed by atoms with Crippen molar-refractivity contribution in [3.8, 4) is 11.5 Å². The third-order valence-corrected chi connectivity index (χ3v) is 4.05. The molecule has 1 aliphatic heterocycles. The van der Waals surface area contributed by atoms with Gasteiger partial charge in [-0.05, 0) is 18.2 Å². The summed E-state index contributed by atoms with van der Waals surface area (Å²) in [5, 5.41) is 9.27. The van der Waals surface area contributed by atoms with E-state index in [-0.39, 0.29) is 5.69 Å². The predicted octanol–water partition coefficient (Wildman–Crippen LogP) is 1.49. The maximum Gasteiger partial charge on any atom is 0.359 e. The molecule has 4 rings (SSSR count). The molecule has 2 aromatic carbocycles. The second-order valence-corrected chi connectivity index (χ2v) is 5.93. The van der Waals surface area contributed by atoms with Crippen molar-refractivity contribution in [3.05, 3.63) is 58.5 Å². The number of aromatic amines is 1. The molecular weight excluding hydrogens is 366 g/mol. The first-order valence-corrected chi connectivity index (χ1v) is 8.46. The van der Waals surface area contributed by atoms with E-state index in [0.717, 1.165) is 0 Å². The lowest BCUT2D eigenvalue weighted by atomic mass is 10.1. The fourth-order valence-electron chi connectivity index (χ4n) is 2.79. The molecule has 3 aromatic rings. The van der Waals surface area contributed by atoms with Crippen molar-refractivity contribution >= 4 is 28.3 Å². The molecule has 142 valence electrons. The van der Waals surface area contributed by atoms with Crippen molar-refractivity contribution in [2.45, 2.75) is 0 Å². The molecule has 28 heavy (non-hydrogen) atoms. The molecule has 9 heteroatoms. The molecule has 2 N–H and O–H groups in total. The van der Waals surface area contributed by atoms with Gasteiger partial charge < -0.3 is 19.5 Å². The number of benzene rings is 2. The molecule has 0 unspecified atom stereocenters. The van der Waals surface area contributed by atoms with Gasteiger partial charge in [0.15, 0.2) is 23.8 Å². The van der Waals surface area contributed by atoms with E-state index >= 15 is 0 Å². The zero-order chi connectivity index (χ0) is 19.5. The fourth-order valence-corrected chi connectivity index (χ4v) is 2.79. The van der Waals surface area contributed by atoms with Crippen LogP contribution in [-0.2, 0) is 9.53 Å². The minimum Gasteiger partial charge on any atom is -0.486 e. The lowest BCUT2D eigenvalue weighted by Crippen LogP contribution is -2.23. The highest BCUT2D eigenvalue weighted by Crippen LogP contribution is 2.32. The zero-order valence-electron chi connectivity index (χ0n) is 14.6. The Morgan fingerprint density at radius 3 is 2.64 bits per heavy atom. The Morgan fingerprint density at radius 1 is 1.07 bits per heavy atom. The third-order valence-electron chi connectivity index (χ3n) is 4.05. The van der Waals surface area contributed by atoms with Gasteiger partial charge in [-0.2, -0.15) is 5.10 Å². The minimum atomic E-state index is -0.815. The molecule has 0 saturated heterocycles. The van der Waals surface area contributed by atoms with Gasteiger partial charge in [0.1, 0.15) is 13.2 Å². The molecule has 0 aliphatic carbocycles. The highest BCUT2D eigenvalue weighted by Gasteiger charge is 2.17. The van der Waals surface area contributed by atoms with E-state index < -0.39 is 24.0 Å². The number of anilines is 1. The number of fused-ring (bicyclic) bond motifs is 2. The summed E-state index contributed by atoms with van der Waals surface area (Å²) in [5.74, 6) is -0.208. The first-order valence-electron chi connectivity index (χ1n) is 8.46. The maximum atomic E-state index is 12.3. The Balaban J connectivity index is 1.42. The predicted molar refractivity (Wildman–Crippen MR) is 98.7 cm³/mol. The minimum absolute atomic E-state index is 0.0673. The van der Waals surface area contributed by atoms with Crippen LogP contribution in [0.1, 0.15) is 10.5 Å². The van der Waals surface area contributed by atoms with Crippen LogP contribution in [0.2, 0.25) is 0 Å². The van der Waals surface area contributed by atoms with Gasteiger partial charge in [-0.15, -0.1) is 0 Å². The van der Waals surface area contributed by atoms with Gasteiger partial charge >= 0.3 is 5.97 Å². The van der Waals surface area contributed by atoms with Crippen LogP contribution in [0.25, 0.3) is 10.8 Å². The molecule has 0 spiro atoms. The number of H-pyrrole nitrogens is 1. The summed E-state index contributed by atoms with van der Waals surface area (Å²) < 4.78 is 15.9. The summed E-state index contributed by atoms with van der Waals surface area (Å²) in [5.41, 5.74) is 0.00347. The van der Waals surface area contributed by atoms with Crippen molar-refractivity contribution in [3.63, 3.8) is 0 Å². The van der Waals surface area contributed by atoms with Crippen LogP contribution in [0.15, 0.2) is 47.3 Å². The van der Waals surface area contributed by atoms with Gasteiger partial charge in [-0.1, -0.05) is 18.2 Å². The highest BCUT2D eigenvalue weighted by molar-refractivity contribution is 6.03. The van der Waals surface area contributed by atoms with E-state index in [2.05, 4.69) is 15.5 Å². The van der Waals surface area contributed by atoms with E-state index in [1.807, 2.05) is 0 Å². The molecule has 9 nitrogen and oxygen atoms in total. The second kappa shape index (κ2) is 7.39. The third kappa shape index (κ3) is 3.50. The maximum absolute atomic E-state index is 12.3. The average molecular weight is 381 g/mol. The highest BCUT2D eigenvalue weighted by atomic mass is 16.6. The van der Waals surface area contributed by atoms with Gasteiger partial charge in [0.05, 0.1) is 5.39 Å². The second-order valence-electron chi connectivity index (χ2n) is 5.93. The summed E-state index contributed by atoms with van der Waals surface area (Å²) in [6, 6.07) is 11.5. The number of aromatic nitrogens is 2. The van der Waals surface area contributed by atoms with E-state index in [1.54, 1.807) is 42.5 Å². The van der Waals surface area contributed by atoms with Crippen molar-refractivity contribution in [2.75, 3.05) is 25.1 Å². The molecular formula is C19H15N3O6. The van der Waals surface area contributed by atoms with Crippen LogP contribution in [-0.4, -0.2) is 41.9 Å². The molecule has 0 radical (unpaired) electrons. The van der Waals surface area contributed by atoms with Crippen LogP contribution >= 0.6 is 0 Å². The van der Waals surface area contributed by atoms with Crippen LogP contribution in [0, 0.1) is 0 Å². The summed E-state index contributed by atoms with van der Waals surface area (Å²) in [6.07, 6.45) is 0. The lowest BCUT2D eigenvalue weighted by Gasteiger charge is -2.19. The van der Waals surface area contributed by atoms with Crippen molar-refractivity contribution in [1.29, 1.82) is 0 Å². The van der Waals surface area contributed by atoms with Crippen LogP contribution < -0.4 is 20.3 Å². The standard InChI is InChI=1S/C19H15N3O6/c23-16(20-11-5-6-14-15(9-11)27-8-7-26-14)10-28-19(25)17-12-3-1-2-4-13(12)18(24)22-21-17/h1-6,9H,7-8,10H2,(H,20,23)(H,22,24). The van der Waals surface area contributed by atoms with Gasteiger partial charge in [0.2, 0.25) is 0 Å². The molecule has 2 heterocycles. The van der Waals surface area contributed by atoms with Gasteiger partial charge in [-0.25, -0.2) is 9.89 Å². The average Bonchev–Trinajstić information content (AvgIpc) is 2.72. The van der Waals surface area contributed by atoms with Crippen molar-refractivity contribution < 1.29 is 23.8 Å². The number of amides is 1. The Labute approximate surface area is 158 Å². The molecule has 1 aromatic heterocycles. The Hall–Kier alpha value is -3.88. The molecule has 0 saturated carbocycles. The molecule has 0 bridgehead atoms. The number of rotatable bonds is 4. The SMILES string of the molecule is O=C(COC(=O)c1n[nH]c(=O)c2ccccc12)Nc1ccc2c(c1)OCCO2. The molecule has 0 fully saturated rings. The van der Waals surface area contributed by atoms with Gasteiger partial charge in [0, 0.05) is 17.1 Å². The van der Waals surface area contributed by atoms with E-state index in [4.69, 9.17) is 14.2 Å². The lowest BCUT2D eigenvalue weighted by molar-refractivity contribution is -0.119. The number of carbonyl (C=O) groups excluding carboxylic acids is 2. The summed E-state index contributed by atoms with van der Waals surface area (Å²) in [6.45, 7) is 0.396. The summed E-state index contributed by atoms with van der Waals surface area (Å²) >= 11 is 0. The van der Waals surface area contributed by atoms with Crippen molar-refractivity contribution in [2.24, 2.45) is 0 Å². The quantitative estimate of drug-likeness (QED) is 0.657. The topological polar surface area (TPSA) is 120 Å². The number of hydrogen-bond acceptors (Lipinski definition) is 7. The van der Waals surface area contributed by atoms with Gasteiger partial charge in [-0.3, -0.25) is 9.59 Å². The zero-order valence-corrected chi connectivity index (χ0v) is 14.6. The van der Waals surface area contributed by atoms with E-state index in [9.17, 15) is 14.4 Å². The van der Waals surface area contributed by atoms with Crippen LogP contribution in [0.5, 0.6) is 11.5 Å². The summed E-state index contributed by atoms with van der Waals surface area (Å²) in [4.78, 5) is 36.2. The first kappa shape index (κ1) is 17.5. The normalized spacial score (nSPS) is 12.4. The molecule has 1 aliphatic rings. The number of ether oxygens (including phenoxy) is 3. The van der Waals surface area contributed by atoms with Gasteiger partial charge in [0.25, 0.3) is 11.5 Å². The Kier molecular flexibility index (Phi) is 4.63. The smallest absolute Gasteiger partial charge is 0.359 e. The number of nitrogens with zero attached hydrogens (tertiary/aromatic N) is 1. The Morgan fingerprint density at radius 2 is 1.82 bits per heavy atom. The number of carbonyl (C=O) groups is 2. The summed E-state index contributed by atoms with van der Waals surface area (Å²) in [7, 11) is 0. The first-order chi connectivity index (χ1) is 13.6.